The summed E-state index contributed by atoms with van der Waals surface area (Å²) >= 11 is 0. The molecule has 0 aliphatic heterocycles. The number of phenolic OH excluding ortho intramolecular Hbond substituents is 1. The first-order valence-corrected chi connectivity index (χ1v) is 4.84. The molecule has 0 aromatic heterocycles. The summed E-state index contributed by atoms with van der Waals surface area (Å²) in [5, 5.41) is 18.5. The Labute approximate surface area is 97.6 Å². The molecule has 0 saturated carbocycles. The van der Waals surface area contributed by atoms with Crippen LogP contribution >= 0.6 is 0 Å². The summed E-state index contributed by atoms with van der Waals surface area (Å²) in [7, 11) is 1.33. The molecule has 0 fully saturated rings. The molecular weight excluding hydrogens is 226 g/mol. The Morgan fingerprint density at radius 1 is 1.59 bits per heavy atom. The summed E-state index contributed by atoms with van der Waals surface area (Å²) in [6.07, 6.45) is 0.472. The molecule has 0 aliphatic rings. The van der Waals surface area contributed by atoms with Crippen LogP contribution in [0.2, 0.25) is 0 Å². The van der Waals surface area contributed by atoms with Gasteiger partial charge in [-0.3, -0.25) is 9.59 Å². The van der Waals surface area contributed by atoms with E-state index in [0.29, 0.717) is 6.29 Å². The van der Waals surface area contributed by atoms with Gasteiger partial charge in [0.2, 0.25) is 0 Å². The van der Waals surface area contributed by atoms with E-state index in [9.17, 15) is 14.7 Å². The lowest BCUT2D eigenvalue weighted by Crippen LogP contribution is -2.22. The number of ether oxygens (including phenoxy) is 1. The van der Waals surface area contributed by atoms with Crippen molar-refractivity contribution < 1.29 is 24.5 Å². The van der Waals surface area contributed by atoms with Crippen LogP contribution in [-0.4, -0.2) is 36.1 Å². The summed E-state index contributed by atoms with van der Waals surface area (Å²) in [5.74, 6) is -2.27. The van der Waals surface area contributed by atoms with Crippen molar-refractivity contribution in [1.29, 1.82) is 0 Å². The fraction of sp³-hybridized carbons (Fsp3) is 0.273. The van der Waals surface area contributed by atoms with Crippen molar-refractivity contribution in [1.82, 2.24) is 0 Å². The number of benzene rings is 1. The zero-order valence-electron chi connectivity index (χ0n) is 9.21. The Hall–Kier alpha value is -2.08. The van der Waals surface area contributed by atoms with Gasteiger partial charge in [0.1, 0.15) is 6.29 Å². The van der Waals surface area contributed by atoms with E-state index in [-0.39, 0.29) is 29.2 Å². The molecule has 6 nitrogen and oxygen atoms in total. The fourth-order valence-corrected chi connectivity index (χ4v) is 1.53. The van der Waals surface area contributed by atoms with Gasteiger partial charge in [0, 0.05) is 12.1 Å². The van der Waals surface area contributed by atoms with Crippen LogP contribution < -0.4 is 10.5 Å². The quantitative estimate of drug-likeness (QED) is 0.639. The number of hydrogen-bond donors (Lipinski definition) is 3. The van der Waals surface area contributed by atoms with Crippen LogP contribution in [-0.2, 0) is 4.79 Å². The van der Waals surface area contributed by atoms with Crippen LogP contribution in [0.25, 0.3) is 0 Å². The van der Waals surface area contributed by atoms with Crippen molar-refractivity contribution in [3.63, 3.8) is 0 Å². The molecule has 1 rings (SSSR count). The largest absolute Gasteiger partial charge is 0.504 e. The van der Waals surface area contributed by atoms with Gasteiger partial charge in [-0.15, -0.1) is 0 Å². The number of phenols is 1. The third-order valence-electron chi connectivity index (χ3n) is 2.42. The number of carboxylic acid groups (broad SMARTS) is 1. The third-order valence-corrected chi connectivity index (χ3v) is 2.42. The molecule has 6 heteroatoms. The first kappa shape index (κ1) is 13.0. The number of carbonyl (C=O) groups is 2. The highest BCUT2D eigenvalue weighted by Crippen LogP contribution is 2.32. The summed E-state index contributed by atoms with van der Waals surface area (Å²) in [6.45, 7) is -0.149. The van der Waals surface area contributed by atoms with Gasteiger partial charge in [-0.05, 0) is 17.7 Å². The summed E-state index contributed by atoms with van der Waals surface area (Å²) < 4.78 is 4.86. The average Bonchev–Trinajstić information content (AvgIpc) is 2.30. The second-order valence-electron chi connectivity index (χ2n) is 3.40. The van der Waals surface area contributed by atoms with E-state index in [1.807, 2.05) is 0 Å². The SMILES string of the molecule is COc1cc(C(CN)C(=O)O)c(C=O)cc1O. The van der Waals surface area contributed by atoms with Crippen molar-refractivity contribution in [2.75, 3.05) is 13.7 Å². The predicted octanol–water partition coefficient (Wildman–Crippen LogP) is 0.340. The first-order chi connectivity index (χ1) is 8.04. The van der Waals surface area contributed by atoms with E-state index in [1.54, 1.807) is 0 Å². The molecule has 1 atom stereocenters. The number of aliphatic carboxylic acids is 1. The molecule has 0 bridgehead atoms. The Bertz CT molecular complexity index is 444. The molecule has 0 radical (unpaired) electrons. The molecule has 92 valence electrons. The standard InChI is InChI=1S/C11H13NO5/c1-17-10-3-7(8(4-12)11(15)16)6(5-13)2-9(10)14/h2-3,5,8,14H,4,12H2,1H3,(H,15,16). The number of carbonyl (C=O) groups excluding carboxylic acids is 1. The van der Waals surface area contributed by atoms with Crippen LogP contribution in [0, 0.1) is 0 Å². The zero-order valence-corrected chi connectivity index (χ0v) is 9.21. The summed E-state index contributed by atoms with van der Waals surface area (Å²) in [5.41, 5.74) is 5.67. The highest BCUT2D eigenvalue weighted by Gasteiger charge is 2.23. The molecule has 0 spiro atoms. The summed E-state index contributed by atoms with van der Waals surface area (Å²) in [6, 6.07) is 2.47. The van der Waals surface area contributed by atoms with Crippen LogP contribution in [0.5, 0.6) is 11.5 Å². The van der Waals surface area contributed by atoms with E-state index < -0.39 is 11.9 Å². The molecule has 0 aliphatic carbocycles. The van der Waals surface area contributed by atoms with Crippen LogP contribution in [0.1, 0.15) is 21.8 Å². The van der Waals surface area contributed by atoms with E-state index in [4.69, 9.17) is 15.6 Å². The van der Waals surface area contributed by atoms with Gasteiger partial charge < -0.3 is 20.7 Å². The van der Waals surface area contributed by atoms with Crippen LogP contribution in [0.4, 0.5) is 0 Å². The Morgan fingerprint density at radius 2 is 2.24 bits per heavy atom. The summed E-state index contributed by atoms with van der Waals surface area (Å²) in [4.78, 5) is 21.8. The van der Waals surface area contributed by atoms with Gasteiger partial charge in [-0.2, -0.15) is 0 Å². The maximum absolute atomic E-state index is 11.0. The van der Waals surface area contributed by atoms with E-state index in [1.165, 1.54) is 13.2 Å². The molecule has 0 heterocycles. The van der Waals surface area contributed by atoms with Gasteiger partial charge in [0.15, 0.2) is 11.5 Å². The van der Waals surface area contributed by atoms with Gasteiger partial charge in [0.25, 0.3) is 0 Å². The molecule has 1 unspecified atom stereocenters. The highest BCUT2D eigenvalue weighted by molar-refractivity contribution is 5.85. The van der Waals surface area contributed by atoms with Gasteiger partial charge in [-0.1, -0.05) is 0 Å². The Kier molecular flexibility index (Phi) is 4.06. The van der Waals surface area contributed by atoms with Gasteiger partial charge in [-0.25, -0.2) is 0 Å². The maximum Gasteiger partial charge on any atom is 0.312 e. The molecule has 0 amide bonds. The second kappa shape index (κ2) is 5.31. The Morgan fingerprint density at radius 3 is 2.65 bits per heavy atom. The number of methoxy groups -OCH3 is 1. The highest BCUT2D eigenvalue weighted by atomic mass is 16.5. The Balaban J connectivity index is 3.38. The van der Waals surface area contributed by atoms with Crippen molar-refractivity contribution in [3.8, 4) is 11.5 Å². The lowest BCUT2D eigenvalue weighted by Gasteiger charge is -2.14. The topological polar surface area (TPSA) is 110 Å². The van der Waals surface area contributed by atoms with Crippen molar-refractivity contribution in [2.45, 2.75) is 5.92 Å². The normalized spacial score (nSPS) is 11.9. The first-order valence-electron chi connectivity index (χ1n) is 4.84. The second-order valence-corrected chi connectivity index (χ2v) is 3.40. The number of hydrogen-bond acceptors (Lipinski definition) is 5. The number of aldehydes is 1. The monoisotopic (exact) mass is 239 g/mol. The minimum absolute atomic E-state index is 0.0844. The van der Waals surface area contributed by atoms with Crippen LogP contribution in [0.3, 0.4) is 0 Å². The minimum atomic E-state index is -1.14. The van der Waals surface area contributed by atoms with Crippen molar-refractivity contribution in [3.05, 3.63) is 23.3 Å². The van der Waals surface area contributed by atoms with E-state index in [2.05, 4.69) is 0 Å². The fourth-order valence-electron chi connectivity index (χ4n) is 1.53. The number of aromatic hydroxyl groups is 1. The van der Waals surface area contributed by atoms with E-state index in [0.717, 1.165) is 6.07 Å². The molecule has 1 aromatic carbocycles. The maximum atomic E-state index is 11.0. The van der Waals surface area contributed by atoms with E-state index >= 15 is 0 Å². The number of nitrogens with two attached hydrogens (primary N) is 1. The molecule has 0 saturated heterocycles. The predicted molar refractivity (Wildman–Crippen MR) is 59.5 cm³/mol. The number of carboxylic acids is 1. The van der Waals surface area contributed by atoms with Gasteiger partial charge in [0.05, 0.1) is 13.0 Å². The smallest absolute Gasteiger partial charge is 0.312 e. The van der Waals surface area contributed by atoms with Gasteiger partial charge >= 0.3 is 5.97 Å². The molecule has 1 aromatic rings. The zero-order chi connectivity index (χ0) is 13.0. The molecule has 17 heavy (non-hydrogen) atoms. The minimum Gasteiger partial charge on any atom is -0.504 e. The molecule has 4 N–H and O–H groups in total. The van der Waals surface area contributed by atoms with Crippen molar-refractivity contribution >= 4 is 12.3 Å². The lowest BCUT2D eigenvalue weighted by molar-refractivity contribution is -0.138. The van der Waals surface area contributed by atoms with Crippen LogP contribution in [0.15, 0.2) is 12.1 Å². The number of rotatable bonds is 5. The lowest BCUT2D eigenvalue weighted by atomic mass is 9.94. The average molecular weight is 239 g/mol. The third kappa shape index (κ3) is 2.54. The van der Waals surface area contributed by atoms with Crippen molar-refractivity contribution in [2.24, 2.45) is 5.73 Å². The molecular formula is C11H13NO5.